The number of benzene rings is 1. The summed E-state index contributed by atoms with van der Waals surface area (Å²) in [5.41, 5.74) is 6.96. The molecular weight excluding hydrogens is 256 g/mol. The number of thiophene rings is 1. The predicted octanol–water partition coefficient (Wildman–Crippen LogP) is 3.47. The zero-order valence-electron chi connectivity index (χ0n) is 11.4. The summed E-state index contributed by atoms with van der Waals surface area (Å²) in [6, 6.07) is 11.3. The number of hydrogen-bond donors (Lipinski definition) is 1. The van der Waals surface area contributed by atoms with Gasteiger partial charge < -0.3 is 10.6 Å². The van der Waals surface area contributed by atoms with Gasteiger partial charge in [0.15, 0.2) is 0 Å². The van der Waals surface area contributed by atoms with Crippen LogP contribution in [0.4, 0.5) is 5.69 Å². The lowest BCUT2D eigenvalue weighted by Gasteiger charge is -2.24. The van der Waals surface area contributed by atoms with E-state index < -0.39 is 0 Å². The van der Waals surface area contributed by atoms with Gasteiger partial charge in [-0.05, 0) is 44.2 Å². The minimum absolute atomic E-state index is 0.00847. The van der Waals surface area contributed by atoms with E-state index in [1.54, 1.807) is 40.5 Å². The van der Waals surface area contributed by atoms with Crippen LogP contribution >= 0.6 is 11.3 Å². The van der Waals surface area contributed by atoms with Gasteiger partial charge in [0.2, 0.25) is 0 Å². The molecular formula is C15H18N2OS. The first kappa shape index (κ1) is 13.6. The van der Waals surface area contributed by atoms with Crippen molar-refractivity contribution in [1.29, 1.82) is 0 Å². The first-order chi connectivity index (χ1) is 8.99. The van der Waals surface area contributed by atoms with Gasteiger partial charge in [-0.25, -0.2) is 0 Å². The second kappa shape index (κ2) is 5.45. The molecule has 3 nitrogen and oxygen atoms in total. The molecule has 100 valence electrons. The molecule has 0 bridgehead atoms. The number of nitrogen functional groups attached to an aromatic ring is 1. The van der Waals surface area contributed by atoms with E-state index in [1.807, 2.05) is 14.0 Å². The maximum Gasteiger partial charge on any atom is 0.254 e. The van der Waals surface area contributed by atoms with E-state index in [4.69, 9.17) is 5.73 Å². The van der Waals surface area contributed by atoms with Gasteiger partial charge in [0.1, 0.15) is 0 Å². The van der Waals surface area contributed by atoms with Gasteiger partial charge in [-0.3, -0.25) is 4.79 Å². The molecule has 1 unspecified atom stereocenters. The maximum atomic E-state index is 12.4. The average Bonchev–Trinajstić information content (AvgIpc) is 2.83. The lowest BCUT2D eigenvalue weighted by atomic mass is 10.1. The van der Waals surface area contributed by atoms with E-state index in [0.29, 0.717) is 11.3 Å². The van der Waals surface area contributed by atoms with Crippen LogP contribution in [-0.2, 0) is 0 Å². The zero-order chi connectivity index (χ0) is 14.0. The molecule has 0 aliphatic heterocycles. The number of nitrogens with two attached hydrogens (primary N) is 1. The Balaban J connectivity index is 2.19. The smallest absolute Gasteiger partial charge is 0.254 e. The highest BCUT2D eigenvalue weighted by Crippen LogP contribution is 2.27. The van der Waals surface area contributed by atoms with Crippen LogP contribution in [0.3, 0.4) is 0 Å². The van der Waals surface area contributed by atoms with E-state index in [0.717, 1.165) is 0 Å². The normalized spacial score (nSPS) is 12.2. The highest BCUT2D eigenvalue weighted by molar-refractivity contribution is 7.12. The molecule has 0 saturated heterocycles. The zero-order valence-corrected chi connectivity index (χ0v) is 12.2. The number of hydrogen-bond acceptors (Lipinski definition) is 3. The molecule has 0 aliphatic rings. The number of nitrogens with zero attached hydrogens (tertiary/aromatic N) is 1. The minimum Gasteiger partial charge on any atom is -0.399 e. The molecule has 2 N–H and O–H groups in total. The molecule has 0 aliphatic carbocycles. The third-order valence-electron chi connectivity index (χ3n) is 3.21. The molecule has 0 radical (unpaired) electrons. The fraction of sp³-hybridized carbons (Fsp3) is 0.267. The van der Waals surface area contributed by atoms with Crippen LogP contribution in [0.15, 0.2) is 36.4 Å². The molecule has 1 aromatic heterocycles. The largest absolute Gasteiger partial charge is 0.399 e. The SMILES string of the molecule is Cc1ccc(C(C)N(C)C(=O)c2cccc(N)c2)s1. The predicted molar refractivity (Wildman–Crippen MR) is 80.4 cm³/mol. The Hall–Kier alpha value is -1.81. The highest BCUT2D eigenvalue weighted by Gasteiger charge is 2.19. The molecule has 1 amide bonds. The van der Waals surface area contributed by atoms with Crippen molar-refractivity contribution < 1.29 is 4.79 Å². The van der Waals surface area contributed by atoms with Crippen LogP contribution < -0.4 is 5.73 Å². The van der Waals surface area contributed by atoms with Crippen molar-refractivity contribution in [3.63, 3.8) is 0 Å². The van der Waals surface area contributed by atoms with E-state index in [1.165, 1.54) is 9.75 Å². The summed E-state index contributed by atoms with van der Waals surface area (Å²) < 4.78 is 0. The molecule has 0 saturated carbocycles. The van der Waals surface area contributed by atoms with E-state index in [2.05, 4.69) is 19.1 Å². The van der Waals surface area contributed by atoms with E-state index in [9.17, 15) is 4.79 Å². The molecule has 1 heterocycles. The fourth-order valence-electron chi connectivity index (χ4n) is 1.92. The molecule has 1 atom stereocenters. The van der Waals surface area contributed by atoms with Gasteiger partial charge in [-0.1, -0.05) is 6.07 Å². The van der Waals surface area contributed by atoms with Crippen LogP contribution in [0.5, 0.6) is 0 Å². The van der Waals surface area contributed by atoms with Crippen molar-refractivity contribution in [3.8, 4) is 0 Å². The monoisotopic (exact) mass is 274 g/mol. The topological polar surface area (TPSA) is 46.3 Å². The van der Waals surface area contributed by atoms with Crippen LogP contribution in [0, 0.1) is 6.92 Å². The van der Waals surface area contributed by atoms with Crippen molar-refractivity contribution in [3.05, 3.63) is 51.7 Å². The fourth-order valence-corrected chi connectivity index (χ4v) is 2.89. The Labute approximate surface area is 117 Å². The quantitative estimate of drug-likeness (QED) is 0.871. The van der Waals surface area contributed by atoms with Crippen LogP contribution in [0.2, 0.25) is 0 Å². The number of aryl methyl sites for hydroxylation is 1. The Morgan fingerprint density at radius 3 is 2.63 bits per heavy atom. The first-order valence-corrected chi connectivity index (χ1v) is 6.99. The Morgan fingerprint density at radius 2 is 2.05 bits per heavy atom. The Bertz CT molecular complexity index is 591. The minimum atomic E-state index is -0.00847. The summed E-state index contributed by atoms with van der Waals surface area (Å²) in [6.07, 6.45) is 0. The number of amides is 1. The summed E-state index contributed by atoms with van der Waals surface area (Å²) >= 11 is 1.72. The van der Waals surface area contributed by atoms with Gasteiger partial charge in [0, 0.05) is 28.1 Å². The summed E-state index contributed by atoms with van der Waals surface area (Å²) in [6.45, 7) is 4.11. The Kier molecular flexibility index (Phi) is 3.90. The second-order valence-electron chi connectivity index (χ2n) is 4.67. The number of rotatable bonds is 3. The van der Waals surface area contributed by atoms with E-state index >= 15 is 0 Å². The van der Waals surface area contributed by atoms with Gasteiger partial charge in [0.25, 0.3) is 5.91 Å². The standard InChI is InChI=1S/C15H18N2OS/c1-10-7-8-14(19-10)11(2)17(3)15(18)12-5-4-6-13(16)9-12/h4-9,11H,16H2,1-3H3. The van der Waals surface area contributed by atoms with Crippen LogP contribution in [-0.4, -0.2) is 17.9 Å². The van der Waals surface area contributed by atoms with Crippen LogP contribution in [0.25, 0.3) is 0 Å². The maximum absolute atomic E-state index is 12.4. The number of anilines is 1. The third-order valence-corrected chi connectivity index (χ3v) is 4.38. The highest BCUT2D eigenvalue weighted by atomic mass is 32.1. The lowest BCUT2D eigenvalue weighted by Crippen LogP contribution is -2.29. The van der Waals surface area contributed by atoms with Crippen molar-refractivity contribution in [2.45, 2.75) is 19.9 Å². The molecule has 2 rings (SSSR count). The number of carbonyl (C=O) groups excluding carboxylic acids is 1. The summed E-state index contributed by atoms with van der Waals surface area (Å²) in [5.74, 6) is -0.00847. The van der Waals surface area contributed by atoms with Gasteiger partial charge in [-0.2, -0.15) is 0 Å². The molecule has 0 fully saturated rings. The molecule has 4 heteroatoms. The Morgan fingerprint density at radius 1 is 1.32 bits per heavy atom. The average molecular weight is 274 g/mol. The van der Waals surface area contributed by atoms with Crippen molar-refractivity contribution >= 4 is 22.9 Å². The molecule has 0 spiro atoms. The lowest BCUT2D eigenvalue weighted by molar-refractivity contribution is 0.0745. The summed E-state index contributed by atoms with van der Waals surface area (Å²) in [7, 11) is 1.82. The number of carbonyl (C=O) groups is 1. The molecule has 2 aromatic rings. The second-order valence-corrected chi connectivity index (χ2v) is 5.99. The van der Waals surface area contributed by atoms with Gasteiger partial charge in [-0.15, -0.1) is 11.3 Å². The van der Waals surface area contributed by atoms with Crippen LogP contribution in [0.1, 0.15) is 33.1 Å². The van der Waals surface area contributed by atoms with Crippen molar-refractivity contribution in [2.24, 2.45) is 0 Å². The third kappa shape index (κ3) is 2.96. The molecule has 19 heavy (non-hydrogen) atoms. The van der Waals surface area contributed by atoms with Crippen molar-refractivity contribution in [1.82, 2.24) is 4.90 Å². The molecule has 1 aromatic carbocycles. The first-order valence-electron chi connectivity index (χ1n) is 6.18. The summed E-state index contributed by atoms with van der Waals surface area (Å²) in [5, 5.41) is 0. The van der Waals surface area contributed by atoms with Gasteiger partial charge in [0.05, 0.1) is 6.04 Å². The summed E-state index contributed by atoms with van der Waals surface area (Å²) in [4.78, 5) is 16.6. The van der Waals surface area contributed by atoms with Gasteiger partial charge >= 0.3 is 0 Å². The van der Waals surface area contributed by atoms with E-state index in [-0.39, 0.29) is 11.9 Å². The van der Waals surface area contributed by atoms with Crippen molar-refractivity contribution in [2.75, 3.05) is 12.8 Å².